The van der Waals surface area contributed by atoms with Gasteiger partial charge in [-0.1, -0.05) is 30.3 Å². The summed E-state index contributed by atoms with van der Waals surface area (Å²) in [6.45, 7) is 5.78. The standard InChI is InChI=1S/C15H20FNO2/c1-14(2)15(3,16)12-9-13(18-14)19-17(12)10-11-7-5-4-6-8-11/h4-8,12-13H,9-10H2,1-3H3. The van der Waals surface area contributed by atoms with Crippen molar-refractivity contribution in [3.63, 3.8) is 0 Å². The van der Waals surface area contributed by atoms with Gasteiger partial charge in [0.25, 0.3) is 0 Å². The van der Waals surface area contributed by atoms with Crippen LogP contribution in [0.1, 0.15) is 32.8 Å². The van der Waals surface area contributed by atoms with Crippen LogP contribution in [-0.2, 0) is 16.1 Å². The maximum atomic E-state index is 15.0. The van der Waals surface area contributed by atoms with Crippen LogP contribution < -0.4 is 0 Å². The Morgan fingerprint density at radius 3 is 2.63 bits per heavy atom. The lowest BCUT2D eigenvalue weighted by atomic mass is 9.79. The molecular formula is C15H20FNO2. The van der Waals surface area contributed by atoms with Crippen molar-refractivity contribution < 1.29 is 14.0 Å². The third-order valence-corrected chi connectivity index (χ3v) is 4.43. The van der Waals surface area contributed by atoms with Crippen molar-refractivity contribution in [1.82, 2.24) is 5.06 Å². The van der Waals surface area contributed by atoms with Crippen LogP contribution in [0, 0.1) is 0 Å². The third kappa shape index (κ3) is 2.08. The summed E-state index contributed by atoms with van der Waals surface area (Å²) in [6, 6.07) is 9.71. The molecule has 0 amide bonds. The van der Waals surface area contributed by atoms with Crippen molar-refractivity contribution in [3.8, 4) is 0 Å². The summed E-state index contributed by atoms with van der Waals surface area (Å²) in [5, 5.41) is 1.74. The summed E-state index contributed by atoms with van der Waals surface area (Å²) in [5.41, 5.74) is -1.15. The molecule has 3 atom stereocenters. The zero-order valence-electron chi connectivity index (χ0n) is 11.6. The minimum atomic E-state index is -1.44. The molecule has 0 aliphatic carbocycles. The zero-order valence-corrected chi connectivity index (χ0v) is 11.6. The van der Waals surface area contributed by atoms with Crippen LogP contribution in [0.15, 0.2) is 30.3 Å². The molecule has 2 bridgehead atoms. The number of hydroxylamine groups is 2. The van der Waals surface area contributed by atoms with Crippen molar-refractivity contribution in [2.75, 3.05) is 0 Å². The molecule has 0 N–H and O–H groups in total. The van der Waals surface area contributed by atoms with Gasteiger partial charge in [0.15, 0.2) is 12.0 Å². The number of benzene rings is 1. The first kappa shape index (κ1) is 13.0. The minimum absolute atomic E-state index is 0.263. The van der Waals surface area contributed by atoms with Gasteiger partial charge in [-0.3, -0.25) is 4.84 Å². The second-order valence-electron chi connectivity index (χ2n) is 6.05. The fraction of sp³-hybridized carbons (Fsp3) is 0.600. The average Bonchev–Trinajstić information content (AvgIpc) is 2.69. The molecule has 4 heteroatoms. The van der Waals surface area contributed by atoms with Gasteiger partial charge in [-0.25, -0.2) is 4.39 Å². The number of hydrogen-bond donors (Lipinski definition) is 0. The predicted molar refractivity (Wildman–Crippen MR) is 69.9 cm³/mol. The Morgan fingerprint density at radius 1 is 1.26 bits per heavy atom. The van der Waals surface area contributed by atoms with E-state index >= 15 is 4.39 Å². The van der Waals surface area contributed by atoms with Crippen LogP contribution in [0.4, 0.5) is 4.39 Å². The molecule has 3 nitrogen and oxygen atoms in total. The fourth-order valence-electron chi connectivity index (χ4n) is 2.88. The van der Waals surface area contributed by atoms with Crippen molar-refractivity contribution in [3.05, 3.63) is 35.9 Å². The molecule has 2 heterocycles. The summed E-state index contributed by atoms with van der Waals surface area (Å²) in [4.78, 5) is 5.73. The molecule has 0 spiro atoms. The molecule has 0 saturated carbocycles. The molecule has 2 fully saturated rings. The first-order valence-electron chi connectivity index (χ1n) is 6.74. The number of nitrogens with zero attached hydrogens (tertiary/aromatic N) is 1. The molecule has 3 unspecified atom stereocenters. The van der Waals surface area contributed by atoms with Crippen LogP contribution in [0.2, 0.25) is 0 Å². The maximum absolute atomic E-state index is 15.0. The number of halogens is 1. The van der Waals surface area contributed by atoms with Crippen LogP contribution in [0.25, 0.3) is 0 Å². The van der Waals surface area contributed by atoms with Gasteiger partial charge in [0, 0.05) is 13.0 Å². The third-order valence-electron chi connectivity index (χ3n) is 4.43. The second-order valence-corrected chi connectivity index (χ2v) is 6.05. The Bertz CT molecular complexity index is 460. The summed E-state index contributed by atoms with van der Waals surface area (Å²) in [5.74, 6) is 0. The lowest BCUT2D eigenvalue weighted by Crippen LogP contribution is -2.59. The highest BCUT2D eigenvalue weighted by atomic mass is 19.1. The second kappa shape index (κ2) is 4.27. The van der Waals surface area contributed by atoms with E-state index < -0.39 is 11.3 Å². The van der Waals surface area contributed by atoms with Gasteiger partial charge in [-0.15, -0.1) is 0 Å². The lowest BCUT2D eigenvalue weighted by Gasteiger charge is -2.44. The molecule has 2 saturated heterocycles. The van der Waals surface area contributed by atoms with Crippen molar-refractivity contribution >= 4 is 0 Å². The van der Waals surface area contributed by atoms with Crippen LogP contribution in [0.3, 0.4) is 0 Å². The molecule has 19 heavy (non-hydrogen) atoms. The Hall–Kier alpha value is -0.970. The van der Waals surface area contributed by atoms with Gasteiger partial charge >= 0.3 is 0 Å². The van der Waals surface area contributed by atoms with Crippen LogP contribution in [-0.4, -0.2) is 28.7 Å². The van der Waals surface area contributed by atoms with Gasteiger partial charge in [0.05, 0.1) is 6.04 Å². The molecule has 2 aliphatic rings. The summed E-state index contributed by atoms with van der Waals surface area (Å²) in [7, 11) is 0. The van der Waals surface area contributed by atoms with Gasteiger partial charge in [0.2, 0.25) is 0 Å². The predicted octanol–water partition coefficient (Wildman–Crippen LogP) is 3.06. The summed E-state index contributed by atoms with van der Waals surface area (Å²) < 4.78 is 20.8. The highest BCUT2D eigenvalue weighted by molar-refractivity contribution is 5.15. The monoisotopic (exact) mass is 265 g/mol. The Balaban J connectivity index is 1.82. The Kier molecular flexibility index (Phi) is 2.93. The molecule has 2 aliphatic heterocycles. The normalized spacial score (nSPS) is 37.5. The number of hydrogen-bond acceptors (Lipinski definition) is 3. The van der Waals surface area contributed by atoms with Gasteiger partial charge in [0.1, 0.15) is 5.60 Å². The number of fused-ring (bicyclic) bond motifs is 2. The zero-order chi connectivity index (χ0) is 13.7. The largest absolute Gasteiger partial charge is 0.341 e. The highest BCUT2D eigenvalue weighted by Crippen LogP contribution is 2.47. The van der Waals surface area contributed by atoms with E-state index in [0.717, 1.165) is 5.56 Å². The molecule has 0 aromatic heterocycles. The van der Waals surface area contributed by atoms with Gasteiger partial charge in [-0.05, 0) is 26.3 Å². The molecular weight excluding hydrogens is 245 g/mol. The van der Waals surface area contributed by atoms with Crippen molar-refractivity contribution in [2.45, 2.75) is 57.3 Å². The Morgan fingerprint density at radius 2 is 1.95 bits per heavy atom. The number of alkyl halides is 1. The van der Waals surface area contributed by atoms with E-state index in [1.165, 1.54) is 0 Å². The fourth-order valence-corrected chi connectivity index (χ4v) is 2.88. The van der Waals surface area contributed by atoms with Crippen LogP contribution in [0.5, 0.6) is 0 Å². The smallest absolute Gasteiger partial charge is 0.180 e. The van der Waals surface area contributed by atoms with E-state index in [-0.39, 0.29) is 12.3 Å². The van der Waals surface area contributed by atoms with E-state index in [1.807, 2.05) is 30.3 Å². The van der Waals surface area contributed by atoms with Gasteiger partial charge in [-0.2, -0.15) is 5.06 Å². The minimum Gasteiger partial charge on any atom is -0.341 e. The summed E-state index contributed by atoms with van der Waals surface area (Å²) >= 11 is 0. The highest BCUT2D eigenvalue weighted by Gasteiger charge is 2.60. The number of rotatable bonds is 2. The molecule has 3 rings (SSSR count). The quantitative estimate of drug-likeness (QED) is 0.820. The summed E-state index contributed by atoms with van der Waals surface area (Å²) in [6.07, 6.45) is 0.260. The molecule has 1 aromatic carbocycles. The topological polar surface area (TPSA) is 21.7 Å². The first-order chi connectivity index (χ1) is 8.90. The SMILES string of the molecule is CC1(C)OC2CC(N(Cc3ccccc3)O2)C1(C)F. The Labute approximate surface area is 113 Å². The van der Waals surface area contributed by atoms with Crippen LogP contribution >= 0.6 is 0 Å². The molecule has 1 aromatic rings. The van der Waals surface area contributed by atoms with Gasteiger partial charge < -0.3 is 4.74 Å². The molecule has 0 radical (unpaired) electrons. The number of ether oxygens (including phenoxy) is 1. The van der Waals surface area contributed by atoms with Crippen molar-refractivity contribution in [1.29, 1.82) is 0 Å². The van der Waals surface area contributed by atoms with E-state index in [2.05, 4.69) is 0 Å². The lowest BCUT2D eigenvalue weighted by molar-refractivity contribution is -0.258. The molecule has 104 valence electrons. The van der Waals surface area contributed by atoms with E-state index in [9.17, 15) is 0 Å². The van der Waals surface area contributed by atoms with Crippen molar-refractivity contribution in [2.24, 2.45) is 0 Å². The van der Waals surface area contributed by atoms with E-state index in [1.54, 1.807) is 25.8 Å². The van der Waals surface area contributed by atoms with E-state index in [0.29, 0.717) is 13.0 Å². The van der Waals surface area contributed by atoms with E-state index in [4.69, 9.17) is 9.57 Å². The first-order valence-corrected chi connectivity index (χ1v) is 6.74. The maximum Gasteiger partial charge on any atom is 0.180 e. The average molecular weight is 265 g/mol.